The van der Waals surface area contributed by atoms with E-state index in [4.69, 9.17) is 10.5 Å². The van der Waals surface area contributed by atoms with E-state index in [0.29, 0.717) is 23.2 Å². The average molecular weight is 428 g/mol. The maximum Gasteiger partial charge on any atom is 0.336 e. The van der Waals surface area contributed by atoms with Gasteiger partial charge < -0.3 is 20.6 Å². The van der Waals surface area contributed by atoms with Crippen LogP contribution in [0.1, 0.15) is 58.8 Å². The topological polar surface area (TPSA) is 101 Å². The molecule has 1 unspecified atom stereocenters. The van der Waals surface area contributed by atoms with Gasteiger partial charge in [-0.3, -0.25) is 0 Å². The standard InChI is InChI=1S/C26H25N3O3/c1-14-3-10-19(11-20(14)25(30)31)32-26-28-23-12-21(17-6-4-16(5-7-17)15(2)27)22(18-8-9-18)13-24(23)29-26/h3-7,10-13,15,18H,8-9,27H2,1-2H3,(H,28,29)(H,30,31). The molecule has 6 nitrogen and oxygen atoms in total. The van der Waals surface area contributed by atoms with Gasteiger partial charge in [0.15, 0.2) is 0 Å². The summed E-state index contributed by atoms with van der Waals surface area (Å²) in [4.78, 5) is 19.3. The van der Waals surface area contributed by atoms with Gasteiger partial charge in [0, 0.05) is 6.04 Å². The summed E-state index contributed by atoms with van der Waals surface area (Å²) in [6.45, 7) is 3.74. The second-order valence-electron chi connectivity index (χ2n) is 8.57. The minimum atomic E-state index is -0.980. The quantitative estimate of drug-likeness (QED) is 0.354. The Labute approximate surface area is 186 Å². The summed E-state index contributed by atoms with van der Waals surface area (Å²) in [6, 6.07) is 18.0. The fourth-order valence-electron chi connectivity index (χ4n) is 4.05. The van der Waals surface area contributed by atoms with Crippen molar-refractivity contribution in [1.82, 2.24) is 9.97 Å². The van der Waals surface area contributed by atoms with Gasteiger partial charge in [-0.05, 0) is 84.7 Å². The van der Waals surface area contributed by atoms with Crippen LogP contribution in [0.4, 0.5) is 0 Å². The smallest absolute Gasteiger partial charge is 0.336 e. The number of aromatic carboxylic acids is 1. The molecule has 0 bridgehead atoms. The van der Waals surface area contributed by atoms with Crippen LogP contribution in [0.3, 0.4) is 0 Å². The number of hydrogen-bond donors (Lipinski definition) is 3. The van der Waals surface area contributed by atoms with Crippen LogP contribution in [-0.4, -0.2) is 21.0 Å². The molecule has 1 atom stereocenters. The molecule has 1 aliphatic carbocycles. The molecule has 1 fully saturated rings. The van der Waals surface area contributed by atoms with Crippen molar-refractivity contribution in [2.45, 2.75) is 38.6 Å². The molecule has 32 heavy (non-hydrogen) atoms. The summed E-state index contributed by atoms with van der Waals surface area (Å²) in [6.07, 6.45) is 2.38. The Morgan fingerprint density at radius 2 is 1.91 bits per heavy atom. The van der Waals surface area contributed by atoms with Crippen LogP contribution in [0, 0.1) is 6.92 Å². The lowest BCUT2D eigenvalue weighted by Crippen LogP contribution is -2.04. The zero-order valence-corrected chi connectivity index (χ0v) is 18.1. The highest BCUT2D eigenvalue weighted by molar-refractivity contribution is 5.90. The molecule has 0 amide bonds. The van der Waals surface area contributed by atoms with E-state index in [0.717, 1.165) is 22.2 Å². The van der Waals surface area contributed by atoms with Crippen molar-refractivity contribution in [2.75, 3.05) is 0 Å². The number of hydrogen-bond acceptors (Lipinski definition) is 4. The Kier molecular flexibility index (Phi) is 4.94. The number of aromatic amines is 1. The maximum atomic E-state index is 11.4. The number of rotatable bonds is 6. The van der Waals surface area contributed by atoms with Gasteiger partial charge in [-0.25, -0.2) is 4.79 Å². The summed E-state index contributed by atoms with van der Waals surface area (Å²) < 4.78 is 5.87. The second-order valence-corrected chi connectivity index (χ2v) is 8.57. The van der Waals surface area contributed by atoms with Gasteiger partial charge in [-0.15, -0.1) is 0 Å². The van der Waals surface area contributed by atoms with Crippen LogP contribution in [0.25, 0.3) is 22.2 Å². The third kappa shape index (κ3) is 3.85. The SMILES string of the molecule is Cc1ccc(Oc2nc3cc(-c4ccc(C(C)N)cc4)c(C4CC4)cc3[nH]2)cc1C(=O)O. The van der Waals surface area contributed by atoms with E-state index in [1.54, 1.807) is 19.1 Å². The highest BCUT2D eigenvalue weighted by atomic mass is 16.5. The monoisotopic (exact) mass is 427 g/mol. The Balaban J connectivity index is 1.52. The van der Waals surface area contributed by atoms with Crippen LogP contribution in [0.15, 0.2) is 54.6 Å². The Bertz CT molecular complexity index is 1320. The maximum absolute atomic E-state index is 11.4. The van der Waals surface area contributed by atoms with Crippen molar-refractivity contribution in [3.63, 3.8) is 0 Å². The van der Waals surface area contributed by atoms with E-state index in [2.05, 4.69) is 46.4 Å². The van der Waals surface area contributed by atoms with Gasteiger partial charge >= 0.3 is 5.97 Å². The molecule has 0 radical (unpaired) electrons. The molecule has 4 aromatic rings. The lowest BCUT2D eigenvalue weighted by molar-refractivity contribution is 0.0695. The zero-order valence-electron chi connectivity index (χ0n) is 18.1. The normalized spacial score (nSPS) is 14.5. The van der Waals surface area contributed by atoms with Crippen molar-refractivity contribution in [1.29, 1.82) is 0 Å². The number of benzene rings is 3. The van der Waals surface area contributed by atoms with Crippen LogP contribution >= 0.6 is 0 Å². The number of carboxylic acids is 1. The molecule has 0 spiro atoms. The van der Waals surface area contributed by atoms with Crippen molar-refractivity contribution >= 4 is 17.0 Å². The minimum absolute atomic E-state index is 0.00361. The van der Waals surface area contributed by atoms with E-state index in [1.165, 1.54) is 30.0 Å². The van der Waals surface area contributed by atoms with Gasteiger partial charge in [0.1, 0.15) is 5.75 Å². The predicted octanol–water partition coefficient (Wildman–Crippen LogP) is 5.93. The van der Waals surface area contributed by atoms with Gasteiger partial charge in [0.2, 0.25) is 0 Å². The summed E-state index contributed by atoms with van der Waals surface area (Å²) in [7, 11) is 0. The minimum Gasteiger partial charge on any atom is -0.478 e. The second kappa shape index (κ2) is 7.80. The van der Waals surface area contributed by atoms with Crippen LogP contribution in [-0.2, 0) is 0 Å². The first-order chi connectivity index (χ1) is 15.4. The van der Waals surface area contributed by atoms with Crippen LogP contribution in [0.2, 0.25) is 0 Å². The number of carbonyl (C=O) groups is 1. The van der Waals surface area contributed by atoms with Gasteiger partial charge in [0.05, 0.1) is 16.6 Å². The number of carboxylic acid groups (broad SMARTS) is 1. The highest BCUT2D eigenvalue weighted by Crippen LogP contribution is 2.46. The van der Waals surface area contributed by atoms with E-state index in [9.17, 15) is 9.90 Å². The Hall–Kier alpha value is -3.64. The summed E-state index contributed by atoms with van der Waals surface area (Å²) in [5.41, 5.74) is 13.4. The van der Waals surface area contributed by atoms with E-state index in [-0.39, 0.29) is 11.6 Å². The third-order valence-corrected chi connectivity index (χ3v) is 6.05. The molecule has 0 saturated heterocycles. The number of nitrogens with zero attached hydrogens (tertiary/aromatic N) is 1. The number of fused-ring (bicyclic) bond motifs is 1. The lowest BCUT2D eigenvalue weighted by atomic mass is 9.94. The van der Waals surface area contributed by atoms with Crippen molar-refractivity contribution in [3.8, 4) is 22.9 Å². The Morgan fingerprint density at radius 1 is 1.16 bits per heavy atom. The average Bonchev–Trinajstić information content (AvgIpc) is 3.54. The number of imidazole rings is 1. The van der Waals surface area contributed by atoms with E-state index in [1.807, 2.05) is 6.92 Å². The first-order valence-electron chi connectivity index (χ1n) is 10.8. The fraction of sp³-hybridized carbons (Fsp3) is 0.231. The molecular weight excluding hydrogens is 402 g/mol. The third-order valence-electron chi connectivity index (χ3n) is 6.05. The van der Waals surface area contributed by atoms with Crippen molar-refractivity contribution < 1.29 is 14.6 Å². The number of ether oxygens (including phenoxy) is 1. The van der Waals surface area contributed by atoms with Crippen LogP contribution < -0.4 is 10.5 Å². The molecule has 3 aromatic carbocycles. The first-order valence-corrected chi connectivity index (χ1v) is 10.8. The number of nitrogens with two attached hydrogens (primary N) is 1. The molecule has 5 rings (SSSR count). The number of nitrogens with one attached hydrogen (secondary N) is 1. The van der Waals surface area contributed by atoms with Gasteiger partial charge in [-0.2, -0.15) is 4.98 Å². The molecule has 0 aliphatic heterocycles. The number of aryl methyl sites for hydroxylation is 1. The molecule has 1 aromatic heterocycles. The van der Waals surface area contributed by atoms with Crippen LogP contribution in [0.5, 0.6) is 11.8 Å². The van der Waals surface area contributed by atoms with Crippen molar-refractivity contribution in [2.24, 2.45) is 5.73 Å². The largest absolute Gasteiger partial charge is 0.478 e. The van der Waals surface area contributed by atoms with E-state index < -0.39 is 5.97 Å². The molecule has 1 saturated carbocycles. The summed E-state index contributed by atoms with van der Waals surface area (Å²) in [5, 5.41) is 9.36. The zero-order chi connectivity index (χ0) is 22.4. The van der Waals surface area contributed by atoms with Crippen molar-refractivity contribution in [3.05, 3.63) is 76.9 Å². The Morgan fingerprint density at radius 3 is 2.56 bits per heavy atom. The predicted molar refractivity (Wildman–Crippen MR) is 124 cm³/mol. The molecular formula is C26H25N3O3. The summed E-state index contributed by atoms with van der Waals surface area (Å²) >= 11 is 0. The number of aromatic nitrogens is 2. The summed E-state index contributed by atoms with van der Waals surface area (Å²) in [5.74, 6) is 0.0120. The molecule has 1 aliphatic rings. The fourth-order valence-corrected chi connectivity index (χ4v) is 4.05. The van der Waals surface area contributed by atoms with Gasteiger partial charge in [-0.1, -0.05) is 30.3 Å². The first kappa shape index (κ1) is 20.3. The molecule has 4 N–H and O–H groups in total. The molecule has 162 valence electrons. The van der Waals surface area contributed by atoms with E-state index >= 15 is 0 Å². The molecule has 6 heteroatoms. The lowest BCUT2D eigenvalue weighted by Gasteiger charge is -2.11. The molecule has 1 heterocycles. The number of H-pyrrole nitrogens is 1. The highest BCUT2D eigenvalue weighted by Gasteiger charge is 2.27. The van der Waals surface area contributed by atoms with Gasteiger partial charge in [0.25, 0.3) is 6.01 Å².